The Hall–Kier alpha value is -2.70. The van der Waals surface area contributed by atoms with Crippen molar-refractivity contribution >= 4 is 0 Å². The second kappa shape index (κ2) is 27.6. The summed E-state index contributed by atoms with van der Waals surface area (Å²) < 4.78 is 59.6. The van der Waals surface area contributed by atoms with Crippen molar-refractivity contribution in [3.05, 3.63) is 47.1 Å². The standard InChI is InChI=1S/C51H80O27/c1-5-6-7-8-21-12-24(69-49-41(66)44(34(59)28(16-54)73-49)76-47-39(64)37(62)32(57)26(14-52)71-47)31(23-11-20(4)9-10-22(23)19(2)3)25(13-21)70-50-42(67)45(35(60)29(17-55)74-50)78-51-43(68)46(36(61)30(18-56)75-51)77-48-40(65)38(63)33(58)27(15-53)72-48/h11-13,22-23,26-30,32-68H,2,5-10,14-18H2,1,3-4H3/t22?,23-,26-,27+,28-,29+,30+,32-,33+,34-,35+,36+,37+,38-,39-,40+,41-,42+,43+,44+,45-,46-,47+,48-,49-,50+,51-/m1/s1. The number of ether oxygens (including phenoxy) is 10. The normalized spacial score (nSPS) is 44.4. The van der Waals surface area contributed by atoms with Gasteiger partial charge in [0.15, 0.2) is 18.9 Å². The van der Waals surface area contributed by atoms with Crippen LogP contribution in [0.5, 0.6) is 11.5 Å². The Morgan fingerprint density at radius 2 is 0.859 bits per heavy atom. The largest absolute Gasteiger partial charge is 0.462 e. The van der Waals surface area contributed by atoms with E-state index in [1.807, 2.05) is 26.8 Å². The second-order valence-corrected chi connectivity index (χ2v) is 21.0. The molecule has 1 aliphatic carbocycles. The van der Waals surface area contributed by atoms with E-state index in [1.165, 1.54) is 0 Å². The van der Waals surface area contributed by atoms with Gasteiger partial charge in [-0.1, -0.05) is 43.6 Å². The van der Waals surface area contributed by atoms with Gasteiger partial charge in [0, 0.05) is 11.5 Å². The predicted molar refractivity (Wildman–Crippen MR) is 260 cm³/mol. The van der Waals surface area contributed by atoms with Crippen LogP contribution in [0.2, 0.25) is 0 Å². The van der Waals surface area contributed by atoms with E-state index in [0.29, 0.717) is 31.2 Å². The molecule has 0 spiro atoms. The molecule has 0 aromatic heterocycles. The lowest BCUT2D eigenvalue weighted by Gasteiger charge is -2.48. The highest BCUT2D eigenvalue weighted by Crippen LogP contribution is 2.49. The highest BCUT2D eigenvalue weighted by molar-refractivity contribution is 5.53. The molecule has 5 aliphatic heterocycles. The molecule has 0 radical (unpaired) electrons. The molecule has 1 aromatic carbocycles. The summed E-state index contributed by atoms with van der Waals surface area (Å²) in [6, 6.07) is 3.34. The maximum Gasteiger partial charge on any atom is 0.229 e. The Balaban J connectivity index is 1.25. The molecule has 78 heavy (non-hydrogen) atoms. The van der Waals surface area contributed by atoms with Gasteiger partial charge in [-0.15, -0.1) is 0 Å². The van der Waals surface area contributed by atoms with Gasteiger partial charge >= 0.3 is 0 Å². The first-order valence-electron chi connectivity index (χ1n) is 26.4. The van der Waals surface area contributed by atoms with Crippen molar-refractivity contribution in [3.8, 4) is 11.5 Å². The lowest BCUT2D eigenvalue weighted by molar-refractivity contribution is -0.378. The molecule has 0 amide bonds. The summed E-state index contributed by atoms with van der Waals surface area (Å²) in [6.07, 6.45) is -39.6. The average Bonchev–Trinajstić information content (AvgIpc) is 3.46. The SMILES string of the molecule is C=C(C)C1CCC(C)=C[C@H]1c1c(O[C@H]2O[C@@H](CO)[C@H](O)[C@@H](O[C@H]3O[C@@H](CO)[C@H](O)[C@@H](O[C@H]4O[C@@H](CO)[C@H](O)[C@@H](O)[C@@H]4O)[C@@H]3O)[C@@H]2O)cc(CCCCC)cc1O[C@@H]1O[C@H](CO)[C@@H](O)[C@H](O[C@@H]2O[C@H](CO)[C@@H](O)[C@H](O)[C@H]2O)[C@H]1O. The third-order valence-electron chi connectivity index (χ3n) is 15.5. The number of benzene rings is 1. The smallest absolute Gasteiger partial charge is 0.229 e. The van der Waals surface area contributed by atoms with Gasteiger partial charge in [-0.2, -0.15) is 0 Å². The van der Waals surface area contributed by atoms with Gasteiger partial charge in [0.25, 0.3) is 0 Å². The molecule has 1 unspecified atom stereocenters. The summed E-state index contributed by atoms with van der Waals surface area (Å²) in [5.74, 6) is -0.943. The Bertz CT molecular complexity index is 2100. The van der Waals surface area contributed by atoms with E-state index in [1.54, 1.807) is 12.1 Å². The van der Waals surface area contributed by atoms with E-state index in [2.05, 4.69) is 6.58 Å². The highest BCUT2D eigenvalue weighted by atomic mass is 16.8. The summed E-state index contributed by atoms with van der Waals surface area (Å²) >= 11 is 0. The van der Waals surface area contributed by atoms with Crippen molar-refractivity contribution in [1.82, 2.24) is 0 Å². The third-order valence-corrected chi connectivity index (χ3v) is 15.5. The van der Waals surface area contributed by atoms with Crippen molar-refractivity contribution in [2.45, 2.75) is 219 Å². The van der Waals surface area contributed by atoms with E-state index >= 15 is 0 Å². The van der Waals surface area contributed by atoms with Gasteiger partial charge in [0.2, 0.25) is 12.6 Å². The molecule has 6 aliphatic rings. The van der Waals surface area contributed by atoms with E-state index in [9.17, 15) is 86.8 Å². The van der Waals surface area contributed by atoms with Crippen LogP contribution >= 0.6 is 0 Å². The van der Waals surface area contributed by atoms with Crippen LogP contribution in [0.1, 0.15) is 69.9 Å². The number of allylic oxidation sites excluding steroid dienone is 3. The summed E-state index contributed by atoms with van der Waals surface area (Å²) in [5.41, 5.74) is 2.54. The molecule has 5 heterocycles. The number of aliphatic hydroxyl groups excluding tert-OH is 17. The zero-order valence-electron chi connectivity index (χ0n) is 43.5. The maximum atomic E-state index is 12.2. The Kier molecular flexibility index (Phi) is 22.2. The summed E-state index contributed by atoms with van der Waals surface area (Å²) in [5, 5.41) is 184. The average molecular weight is 1130 g/mol. The summed E-state index contributed by atoms with van der Waals surface area (Å²) in [4.78, 5) is 0. The molecular weight excluding hydrogens is 1040 g/mol. The molecule has 0 saturated carbocycles. The van der Waals surface area contributed by atoms with Crippen molar-refractivity contribution in [3.63, 3.8) is 0 Å². The van der Waals surface area contributed by atoms with Crippen LogP contribution in [0.3, 0.4) is 0 Å². The monoisotopic (exact) mass is 1120 g/mol. The molecule has 27 heteroatoms. The number of hydrogen-bond donors (Lipinski definition) is 17. The fourth-order valence-corrected chi connectivity index (χ4v) is 10.8. The fourth-order valence-electron chi connectivity index (χ4n) is 10.8. The van der Waals surface area contributed by atoms with Gasteiger partial charge in [-0.05, 0) is 63.1 Å². The minimum absolute atomic E-state index is 0.000602. The second-order valence-electron chi connectivity index (χ2n) is 21.0. The molecule has 27 nitrogen and oxygen atoms in total. The number of unbranched alkanes of at least 4 members (excludes halogenated alkanes) is 2. The van der Waals surface area contributed by atoms with Crippen molar-refractivity contribution in [1.29, 1.82) is 0 Å². The van der Waals surface area contributed by atoms with Gasteiger partial charge in [0.05, 0.1) is 33.0 Å². The Morgan fingerprint density at radius 1 is 0.500 bits per heavy atom. The minimum atomic E-state index is -2.10. The van der Waals surface area contributed by atoms with Gasteiger partial charge < -0.3 is 134 Å². The van der Waals surface area contributed by atoms with E-state index in [-0.39, 0.29) is 23.0 Å². The highest BCUT2D eigenvalue weighted by Gasteiger charge is 2.56. The quantitative estimate of drug-likeness (QED) is 0.0403. The summed E-state index contributed by atoms with van der Waals surface area (Å²) in [6.45, 7) is 5.69. The molecule has 7 rings (SSSR count). The zero-order valence-corrected chi connectivity index (χ0v) is 43.5. The van der Waals surface area contributed by atoms with Crippen LogP contribution in [0.15, 0.2) is 35.9 Å². The minimum Gasteiger partial charge on any atom is -0.462 e. The van der Waals surface area contributed by atoms with Gasteiger partial charge in [-0.3, -0.25) is 0 Å². The van der Waals surface area contributed by atoms with Crippen molar-refractivity contribution in [2.24, 2.45) is 5.92 Å². The lowest BCUT2D eigenvalue weighted by atomic mass is 9.73. The Labute approximate surface area is 449 Å². The summed E-state index contributed by atoms with van der Waals surface area (Å²) in [7, 11) is 0. The third kappa shape index (κ3) is 13.4. The van der Waals surface area contributed by atoms with E-state index in [0.717, 1.165) is 24.0 Å². The lowest BCUT2D eigenvalue weighted by Crippen LogP contribution is -2.67. The van der Waals surface area contributed by atoms with E-state index < -0.39 is 192 Å². The topological polar surface area (TPSA) is 436 Å². The van der Waals surface area contributed by atoms with Crippen LogP contribution in [0.4, 0.5) is 0 Å². The maximum absolute atomic E-state index is 12.2. The van der Waals surface area contributed by atoms with Gasteiger partial charge in [-0.25, -0.2) is 0 Å². The molecule has 5 fully saturated rings. The molecular formula is C51H80O27. The number of aliphatic hydroxyl groups is 17. The molecule has 0 bridgehead atoms. The number of hydrogen-bond acceptors (Lipinski definition) is 27. The van der Waals surface area contributed by atoms with Crippen molar-refractivity contribution in [2.75, 3.05) is 33.0 Å². The number of aryl methyl sites for hydroxylation is 1. The first-order chi connectivity index (χ1) is 37.1. The van der Waals surface area contributed by atoms with Crippen LogP contribution in [-0.4, -0.2) is 273 Å². The first-order valence-corrected chi connectivity index (χ1v) is 26.4. The van der Waals surface area contributed by atoms with Crippen LogP contribution in [0, 0.1) is 5.92 Å². The first kappa shape index (κ1) is 62.9. The van der Waals surface area contributed by atoms with Crippen LogP contribution in [-0.2, 0) is 44.3 Å². The van der Waals surface area contributed by atoms with Crippen LogP contribution in [0.25, 0.3) is 0 Å². The predicted octanol–water partition coefficient (Wildman–Crippen LogP) is -5.73. The van der Waals surface area contributed by atoms with Gasteiger partial charge in [0.1, 0.15) is 134 Å². The molecule has 446 valence electrons. The zero-order chi connectivity index (χ0) is 57.0. The molecule has 27 atom stereocenters. The fraction of sp³-hybridized carbons (Fsp3) is 0.804. The van der Waals surface area contributed by atoms with Crippen LogP contribution < -0.4 is 9.47 Å². The van der Waals surface area contributed by atoms with Crippen molar-refractivity contribution < 1.29 is 134 Å². The molecule has 1 aromatic rings. The van der Waals surface area contributed by atoms with E-state index in [4.69, 9.17) is 47.4 Å². The molecule has 17 N–H and O–H groups in total. The number of rotatable bonds is 21. The molecule has 5 saturated heterocycles. The Morgan fingerprint density at radius 3 is 1.23 bits per heavy atom.